The van der Waals surface area contributed by atoms with E-state index in [1.165, 1.54) is 12.0 Å². The van der Waals surface area contributed by atoms with Crippen LogP contribution in [0.5, 0.6) is 0 Å². The van der Waals surface area contributed by atoms with Crippen LogP contribution in [0.25, 0.3) is 0 Å². The molecule has 156 valence electrons. The van der Waals surface area contributed by atoms with Crippen LogP contribution in [0.3, 0.4) is 0 Å². The number of aliphatic hydroxyl groups is 1. The van der Waals surface area contributed by atoms with Crippen molar-refractivity contribution in [2.45, 2.75) is 96.2 Å². The number of hydrogen-bond donors (Lipinski definition) is 1. The summed E-state index contributed by atoms with van der Waals surface area (Å²) < 4.78 is 18.5. The third-order valence-corrected chi connectivity index (χ3v) is 12.3. The molecule has 1 N–H and O–H groups in total. The van der Waals surface area contributed by atoms with Crippen molar-refractivity contribution in [2.75, 3.05) is 19.8 Å². The molecule has 2 fully saturated rings. The van der Waals surface area contributed by atoms with E-state index >= 15 is 0 Å². The van der Waals surface area contributed by atoms with E-state index in [9.17, 15) is 5.11 Å². The van der Waals surface area contributed by atoms with Crippen molar-refractivity contribution in [3.63, 3.8) is 0 Å². The first-order chi connectivity index (χ1) is 12.6. The molecule has 0 aromatic rings. The fourth-order valence-electron chi connectivity index (χ4n) is 4.68. The minimum Gasteiger partial charge on any atom is -0.410 e. The summed E-state index contributed by atoms with van der Waals surface area (Å²) in [5.74, 6) is 0.426. The van der Waals surface area contributed by atoms with Gasteiger partial charge in [-0.3, -0.25) is 0 Å². The van der Waals surface area contributed by atoms with Crippen molar-refractivity contribution in [1.29, 1.82) is 0 Å². The van der Waals surface area contributed by atoms with Gasteiger partial charge in [-0.15, -0.1) is 0 Å². The Morgan fingerprint density at radius 2 is 2.04 bits per heavy atom. The fourth-order valence-corrected chi connectivity index (χ4v) is 6.36. The van der Waals surface area contributed by atoms with Gasteiger partial charge in [-0.05, 0) is 56.7 Å². The first-order valence-corrected chi connectivity index (χ1v) is 13.7. The molecular weight excluding hydrogens is 356 g/mol. The van der Waals surface area contributed by atoms with Crippen LogP contribution < -0.4 is 0 Å². The van der Waals surface area contributed by atoms with Crippen LogP contribution in [0.15, 0.2) is 11.6 Å². The summed E-state index contributed by atoms with van der Waals surface area (Å²) >= 11 is 0. The topological polar surface area (TPSA) is 47.9 Å². The molecule has 0 amide bonds. The Morgan fingerprint density at radius 1 is 1.30 bits per heavy atom. The first-order valence-electron chi connectivity index (χ1n) is 10.8. The molecule has 4 unspecified atom stereocenters. The van der Waals surface area contributed by atoms with Gasteiger partial charge in [0.05, 0.1) is 18.8 Å². The van der Waals surface area contributed by atoms with E-state index in [0.717, 1.165) is 45.3 Å². The maximum absolute atomic E-state index is 10.2. The molecule has 0 radical (unpaired) electrons. The summed E-state index contributed by atoms with van der Waals surface area (Å²) in [5.41, 5.74) is 1.18. The van der Waals surface area contributed by atoms with E-state index in [0.29, 0.717) is 5.92 Å². The normalized spacial score (nSPS) is 36.9. The van der Waals surface area contributed by atoms with E-state index in [-0.39, 0.29) is 29.0 Å². The lowest BCUT2D eigenvalue weighted by Gasteiger charge is -2.41. The Kier molecular flexibility index (Phi) is 6.02. The van der Waals surface area contributed by atoms with Gasteiger partial charge in [-0.1, -0.05) is 39.3 Å². The lowest BCUT2D eigenvalue weighted by atomic mass is 9.95. The van der Waals surface area contributed by atoms with Crippen molar-refractivity contribution in [1.82, 2.24) is 0 Å². The zero-order chi connectivity index (χ0) is 19.9. The average molecular weight is 397 g/mol. The largest absolute Gasteiger partial charge is 0.410 e. The number of fused-ring (bicyclic) bond motifs is 1. The van der Waals surface area contributed by atoms with Gasteiger partial charge in [-0.2, -0.15) is 0 Å². The fraction of sp³-hybridized carbons (Fsp3) is 0.909. The van der Waals surface area contributed by atoms with Gasteiger partial charge in [0.25, 0.3) is 0 Å². The Hall–Kier alpha value is -0.203. The van der Waals surface area contributed by atoms with E-state index < -0.39 is 8.32 Å². The van der Waals surface area contributed by atoms with Crippen LogP contribution >= 0.6 is 0 Å². The predicted molar refractivity (Wildman–Crippen MR) is 111 cm³/mol. The van der Waals surface area contributed by atoms with E-state index in [1.54, 1.807) is 0 Å². The molecule has 4 atom stereocenters. The second kappa shape index (κ2) is 7.56. The van der Waals surface area contributed by atoms with E-state index in [2.05, 4.69) is 46.9 Å². The lowest BCUT2D eigenvalue weighted by molar-refractivity contribution is -0.161. The molecule has 27 heavy (non-hydrogen) atoms. The SMILES string of the molecule is CC1(CO)C2CC(CCOC3CCCCO3)=CCC21O[Si](C)(C)C(C)(C)C. The molecule has 0 bridgehead atoms. The molecule has 0 aromatic heterocycles. The van der Waals surface area contributed by atoms with Gasteiger partial charge in [0.2, 0.25) is 0 Å². The van der Waals surface area contributed by atoms with Crippen LogP contribution in [0.4, 0.5) is 0 Å². The molecule has 1 saturated carbocycles. The predicted octanol–water partition coefficient (Wildman–Crippen LogP) is 5.03. The Morgan fingerprint density at radius 3 is 2.63 bits per heavy atom. The number of rotatable bonds is 7. The highest BCUT2D eigenvalue weighted by Crippen LogP contribution is 2.71. The van der Waals surface area contributed by atoms with Crippen LogP contribution in [-0.4, -0.2) is 45.1 Å². The Balaban J connectivity index is 1.60. The highest BCUT2D eigenvalue weighted by molar-refractivity contribution is 6.74. The standard InChI is InChI=1S/C22H40O4Si/c1-20(2,3)27(5,6)26-22-12-10-17(15-18(22)21(22,4)16-23)11-14-25-19-9-7-8-13-24-19/h10,18-19,23H,7-9,11-16H2,1-6H3. The molecular formula is C22H40O4Si. The van der Waals surface area contributed by atoms with Gasteiger partial charge in [0.1, 0.15) is 0 Å². The summed E-state index contributed by atoms with van der Waals surface area (Å²) in [6.45, 7) is 15.5. The Bertz CT molecular complexity index is 561. The number of hydrogen-bond acceptors (Lipinski definition) is 4. The molecule has 2 aliphatic carbocycles. The quantitative estimate of drug-likeness (QED) is 0.484. The zero-order valence-corrected chi connectivity index (χ0v) is 19.3. The first kappa shape index (κ1) is 21.5. The molecule has 1 heterocycles. The van der Waals surface area contributed by atoms with Crippen molar-refractivity contribution >= 4 is 8.32 Å². The zero-order valence-electron chi connectivity index (χ0n) is 18.3. The Labute approximate surface area is 166 Å². The minimum atomic E-state index is -1.88. The van der Waals surface area contributed by atoms with Crippen molar-refractivity contribution < 1.29 is 19.0 Å². The minimum absolute atomic E-state index is 0.00687. The van der Waals surface area contributed by atoms with Crippen LogP contribution in [0.1, 0.15) is 66.2 Å². The summed E-state index contributed by atoms with van der Waals surface area (Å²) in [7, 11) is -1.88. The third-order valence-electron chi connectivity index (χ3n) is 7.81. The third kappa shape index (κ3) is 3.95. The van der Waals surface area contributed by atoms with Gasteiger partial charge in [-0.25, -0.2) is 0 Å². The maximum atomic E-state index is 10.2. The van der Waals surface area contributed by atoms with E-state index in [1.807, 2.05) is 0 Å². The van der Waals surface area contributed by atoms with Crippen LogP contribution in [-0.2, 0) is 13.9 Å². The van der Waals surface area contributed by atoms with Gasteiger partial charge >= 0.3 is 0 Å². The second-order valence-corrected chi connectivity index (χ2v) is 15.3. The van der Waals surface area contributed by atoms with Crippen molar-refractivity contribution in [3.8, 4) is 0 Å². The number of ether oxygens (including phenoxy) is 2. The molecule has 1 saturated heterocycles. The highest BCUT2D eigenvalue weighted by Gasteiger charge is 2.75. The smallest absolute Gasteiger partial charge is 0.192 e. The second-order valence-electron chi connectivity index (χ2n) is 10.6. The molecule has 0 aromatic carbocycles. The summed E-state index contributed by atoms with van der Waals surface area (Å²) in [5, 5.41) is 10.3. The van der Waals surface area contributed by atoms with Gasteiger partial charge in [0.15, 0.2) is 14.6 Å². The van der Waals surface area contributed by atoms with E-state index in [4.69, 9.17) is 13.9 Å². The summed E-state index contributed by atoms with van der Waals surface area (Å²) in [6, 6.07) is 0. The molecule has 0 spiro atoms. The average Bonchev–Trinajstić information content (AvgIpc) is 3.12. The van der Waals surface area contributed by atoms with Gasteiger partial charge < -0.3 is 19.0 Å². The van der Waals surface area contributed by atoms with Crippen molar-refractivity contribution in [2.24, 2.45) is 11.3 Å². The molecule has 4 nitrogen and oxygen atoms in total. The number of aliphatic hydroxyl groups excluding tert-OH is 1. The molecule has 1 aliphatic heterocycles. The highest BCUT2D eigenvalue weighted by atomic mass is 28.4. The summed E-state index contributed by atoms with van der Waals surface area (Å²) in [6.07, 6.45) is 8.67. The van der Waals surface area contributed by atoms with Crippen LogP contribution in [0, 0.1) is 11.3 Å². The monoisotopic (exact) mass is 396 g/mol. The molecule has 3 rings (SSSR count). The van der Waals surface area contributed by atoms with Crippen LogP contribution in [0.2, 0.25) is 18.1 Å². The van der Waals surface area contributed by atoms with Crippen molar-refractivity contribution in [3.05, 3.63) is 11.6 Å². The summed E-state index contributed by atoms with van der Waals surface area (Å²) in [4.78, 5) is 0. The maximum Gasteiger partial charge on any atom is 0.192 e. The molecule has 5 heteroatoms. The van der Waals surface area contributed by atoms with Gasteiger partial charge in [0, 0.05) is 17.9 Å². The lowest BCUT2D eigenvalue weighted by Crippen LogP contribution is -2.47. The molecule has 3 aliphatic rings.